The van der Waals surface area contributed by atoms with Gasteiger partial charge in [0.1, 0.15) is 23.2 Å². The van der Waals surface area contributed by atoms with E-state index in [4.69, 9.17) is 9.47 Å². The molecule has 1 fully saturated rings. The van der Waals surface area contributed by atoms with Gasteiger partial charge in [-0.3, -0.25) is 0 Å². The maximum absolute atomic E-state index is 14.7. The highest BCUT2D eigenvalue weighted by Crippen LogP contribution is 2.36. The molecule has 0 N–H and O–H groups in total. The molecule has 1 aliphatic heterocycles. The van der Waals surface area contributed by atoms with Crippen LogP contribution in [0.3, 0.4) is 0 Å². The summed E-state index contributed by atoms with van der Waals surface area (Å²) in [4.78, 5) is 0. The molecule has 0 aliphatic carbocycles. The molecule has 0 spiro atoms. The highest BCUT2D eigenvalue weighted by atomic mass is 19.3. The summed E-state index contributed by atoms with van der Waals surface area (Å²) in [6.07, 6.45) is -6.11. The minimum atomic E-state index is -4.23. The number of halogens is 9. The molecule has 3 aromatic rings. The first-order chi connectivity index (χ1) is 18.9. The summed E-state index contributed by atoms with van der Waals surface area (Å²) in [6.45, 7) is 1.14. The highest BCUT2D eigenvalue weighted by Gasteiger charge is 2.47. The van der Waals surface area contributed by atoms with Crippen molar-refractivity contribution in [3.05, 3.63) is 94.6 Å². The molecule has 0 atom stereocenters. The molecule has 12 heteroatoms. The zero-order valence-electron chi connectivity index (χ0n) is 20.7. The lowest BCUT2D eigenvalue weighted by atomic mass is 9.98. The van der Waals surface area contributed by atoms with Gasteiger partial charge in [0.05, 0.1) is 18.8 Å². The second-order valence-corrected chi connectivity index (χ2v) is 8.97. The van der Waals surface area contributed by atoms with Crippen LogP contribution in [0, 0.1) is 29.1 Å². The van der Waals surface area contributed by atoms with Crippen LogP contribution in [0.1, 0.15) is 36.8 Å². The largest absolute Gasteiger partial charge is 0.451 e. The molecule has 214 valence electrons. The van der Waals surface area contributed by atoms with Crippen molar-refractivity contribution in [3.63, 3.8) is 0 Å². The van der Waals surface area contributed by atoms with Gasteiger partial charge >= 0.3 is 6.11 Å². The molecule has 0 unspecified atom stereocenters. The van der Waals surface area contributed by atoms with Crippen molar-refractivity contribution in [1.29, 1.82) is 0 Å². The Balaban J connectivity index is 1.42. The fourth-order valence-corrected chi connectivity index (χ4v) is 4.07. The van der Waals surface area contributed by atoms with Gasteiger partial charge in [0.25, 0.3) is 6.29 Å². The first-order valence-corrected chi connectivity index (χ1v) is 12.0. The Bertz CT molecular complexity index is 1350. The van der Waals surface area contributed by atoms with Gasteiger partial charge < -0.3 is 14.2 Å². The SMILES string of the molecule is CCCC(F)=C(F)c1ccc(C2COC(C(F)(F)Oc3cc(F)c(-c4cc(F)c(F)c(F)c4)c(F)c3)OC2)cc1. The van der Waals surface area contributed by atoms with Gasteiger partial charge in [0, 0.05) is 30.0 Å². The van der Waals surface area contributed by atoms with Gasteiger partial charge in [-0.15, -0.1) is 0 Å². The van der Waals surface area contributed by atoms with Crippen molar-refractivity contribution in [1.82, 2.24) is 0 Å². The van der Waals surface area contributed by atoms with E-state index in [9.17, 15) is 39.5 Å². The van der Waals surface area contributed by atoms with Gasteiger partial charge in [0.2, 0.25) is 0 Å². The van der Waals surface area contributed by atoms with Gasteiger partial charge in [-0.1, -0.05) is 31.2 Å². The third kappa shape index (κ3) is 6.28. The Morgan fingerprint density at radius 2 is 1.40 bits per heavy atom. The Labute approximate surface area is 222 Å². The summed E-state index contributed by atoms with van der Waals surface area (Å²) in [6, 6.07) is 7.04. The second-order valence-electron chi connectivity index (χ2n) is 8.97. The summed E-state index contributed by atoms with van der Waals surface area (Å²) in [5.74, 6) is -11.7. The van der Waals surface area contributed by atoms with E-state index in [1.807, 2.05) is 0 Å². The number of rotatable bonds is 8. The van der Waals surface area contributed by atoms with E-state index in [0.717, 1.165) is 0 Å². The smallest absolute Gasteiger partial charge is 0.429 e. The minimum absolute atomic E-state index is 0.0188. The Hall–Kier alpha value is -3.51. The zero-order valence-corrected chi connectivity index (χ0v) is 20.7. The maximum atomic E-state index is 14.7. The summed E-state index contributed by atoms with van der Waals surface area (Å²) in [5.41, 5.74) is -1.13. The van der Waals surface area contributed by atoms with Gasteiger partial charge in [-0.25, -0.2) is 30.7 Å². The lowest BCUT2D eigenvalue weighted by Crippen LogP contribution is -2.47. The Morgan fingerprint density at radius 3 is 1.93 bits per heavy atom. The van der Waals surface area contributed by atoms with Crippen molar-refractivity contribution >= 4 is 5.83 Å². The summed E-state index contributed by atoms with van der Waals surface area (Å²) >= 11 is 0. The molecule has 0 saturated carbocycles. The number of ether oxygens (including phenoxy) is 3. The van der Waals surface area contributed by atoms with Crippen LogP contribution in [-0.2, 0) is 9.47 Å². The predicted octanol–water partition coefficient (Wildman–Crippen LogP) is 8.59. The summed E-state index contributed by atoms with van der Waals surface area (Å²) in [5, 5.41) is 0. The van der Waals surface area contributed by atoms with E-state index in [1.165, 1.54) is 24.3 Å². The van der Waals surface area contributed by atoms with E-state index in [-0.39, 0.29) is 25.2 Å². The number of alkyl halides is 2. The normalized spacial score (nSPS) is 18.4. The van der Waals surface area contributed by atoms with Crippen molar-refractivity contribution in [3.8, 4) is 16.9 Å². The first-order valence-electron chi connectivity index (χ1n) is 12.0. The number of allylic oxidation sites excluding steroid dienone is 1. The molecule has 0 radical (unpaired) electrons. The molecular formula is C28H21F9O3. The fourth-order valence-electron chi connectivity index (χ4n) is 4.07. The Kier molecular flexibility index (Phi) is 8.79. The molecule has 3 aromatic carbocycles. The van der Waals surface area contributed by atoms with Crippen molar-refractivity contribution < 1.29 is 53.7 Å². The van der Waals surface area contributed by atoms with E-state index in [2.05, 4.69) is 4.74 Å². The van der Waals surface area contributed by atoms with Crippen LogP contribution >= 0.6 is 0 Å². The fraction of sp³-hybridized carbons (Fsp3) is 0.286. The maximum Gasteiger partial charge on any atom is 0.451 e. The Morgan fingerprint density at radius 1 is 0.850 bits per heavy atom. The van der Waals surface area contributed by atoms with Gasteiger partial charge in [-0.05, 0) is 29.7 Å². The molecule has 40 heavy (non-hydrogen) atoms. The highest BCUT2D eigenvalue weighted by molar-refractivity contribution is 5.66. The molecule has 1 saturated heterocycles. The van der Waals surface area contributed by atoms with E-state index < -0.39 is 75.9 Å². The van der Waals surface area contributed by atoms with Crippen LogP contribution < -0.4 is 4.74 Å². The predicted molar refractivity (Wildman–Crippen MR) is 126 cm³/mol. The van der Waals surface area contributed by atoms with Crippen molar-refractivity contribution in [2.75, 3.05) is 13.2 Å². The van der Waals surface area contributed by atoms with Gasteiger partial charge in [-0.2, -0.15) is 8.78 Å². The molecule has 0 aromatic heterocycles. The summed E-state index contributed by atoms with van der Waals surface area (Å²) in [7, 11) is 0. The standard InChI is InChI=1S/C28H21F9O3/c1-2-3-19(29)25(34)15-6-4-14(5-7-15)17-12-38-27(39-13-17)28(36,37)40-18-10-20(30)24(21(31)11-18)16-8-22(32)26(35)23(33)9-16/h4-11,17,27H,2-3,12-13H2,1H3. The number of hydrogen-bond donors (Lipinski definition) is 0. The van der Waals surface area contributed by atoms with Crippen LogP contribution in [-0.4, -0.2) is 25.6 Å². The van der Waals surface area contributed by atoms with E-state index in [0.29, 0.717) is 36.2 Å². The molecule has 3 nitrogen and oxygen atoms in total. The van der Waals surface area contributed by atoms with Crippen molar-refractivity contribution in [2.45, 2.75) is 38.1 Å². The monoisotopic (exact) mass is 576 g/mol. The number of hydrogen-bond acceptors (Lipinski definition) is 3. The van der Waals surface area contributed by atoms with Crippen LogP contribution in [0.25, 0.3) is 17.0 Å². The van der Waals surface area contributed by atoms with Crippen LogP contribution in [0.2, 0.25) is 0 Å². The minimum Gasteiger partial charge on any atom is -0.429 e. The molecule has 1 heterocycles. The summed E-state index contributed by atoms with van der Waals surface area (Å²) < 4.78 is 141. The quantitative estimate of drug-likeness (QED) is 0.199. The molecular weight excluding hydrogens is 555 g/mol. The topological polar surface area (TPSA) is 27.7 Å². The lowest BCUT2D eigenvalue weighted by molar-refractivity contribution is -0.347. The third-order valence-electron chi connectivity index (χ3n) is 6.06. The third-order valence-corrected chi connectivity index (χ3v) is 6.06. The molecule has 0 bridgehead atoms. The first kappa shape index (κ1) is 29.5. The average molecular weight is 576 g/mol. The zero-order chi connectivity index (χ0) is 29.2. The molecule has 4 rings (SSSR count). The lowest BCUT2D eigenvalue weighted by Gasteiger charge is -2.33. The van der Waals surface area contributed by atoms with Gasteiger partial charge in [0.15, 0.2) is 23.3 Å². The second kappa shape index (κ2) is 11.9. The van der Waals surface area contributed by atoms with Crippen LogP contribution in [0.4, 0.5) is 39.5 Å². The van der Waals surface area contributed by atoms with Crippen LogP contribution in [0.15, 0.2) is 54.4 Å². The molecule has 1 aliphatic rings. The molecule has 0 amide bonds. The van der Waals surface area contributed by atoms with E-state index in [1.54, 1.807) is 6.92 Å². The van der Waals surface area contributed by atoms with Crippen molar-refractivity contribution in [2.24, 2.45) is 0 Å². The number of benzene rings is 3. The van der Waals surface area contributed by atoms with E-state index >= 15 is 0 Å². The van der Waals surface area contributed by atoms with Crippen LogP contribution in [0.5, 0.6) is 5.75 Å². The average Bonchev–Trinajstić information content (AvgIpc) is 2.91.